The summed E-state index contributed by atoms with van der Waals surface area (Å²) in [6.45, 7) is 3.35. The van der Waals surface area contributed by atoms with Crippen LogP contribution in [0.3, 0.4) is 0 Å². The van der Waals surface area contributed by atoms with Crippen LogP contribution in [0.2, 0.25) is 0 Å². The highest BCUT2D eigenvalue weighted by Crippen LogP contribution is 2.22. The number of anilines is 2. The molecule has 1 aliphatic rings. The average Bonchev–Trinajstić information content (AvgIpc) is 2.68. The SMILES string of the molecule is CCC1CC(C(=O)NCc2ccc(Nc3ccncc3)cc2)CCO1. The van der Waals surface area contributed by atoms with Crippen LogP contribution in [0.1, 0.15) is 31.7 Å². The van der Waals surface area contributed by atoms with Gasteiger partial charge in [-0.2, -0.15) is 0 Å². The Balaban J connectivity index is 1.49. The number of ether oxygens (including phenoxy) is 1. The van der Waals surface area contributed by atoms with Gasteiger partial charge in [-0.3, -0.25) is 9.78 Å². The molecule has 1 aromatic carbocycles. The number of carbonyl (C=O) groups excluding carboxylic acids is 1. The monoisotopic (exact) mass is 339 g/mol. The van der Waals surface area contributed by atoms with Crippen molar-refractivity contribution in [2.24, 2.45) is 5.92 Å². The van der Waals surface area contributed by atoms with E-state index in [4.69, 9.17) is 4.74 Å². The fourth-order valence-corrected chi connectivity index (χ4v) is 3.04. The van der Waals surface area contributed by atoms with Gasteiger partial charge in [0.2, 0.25) is 5.91 Å². The fraction of sp³-hybridized carbons (Fsp3) is 0.400. The van der Waals surface area contributed by atoms with Crippen molar-refractivity contribution in [2.45, 2.75) is 38.8 Å². The molecule has 1 fully saturated rings. The highest BCUT2D eigenvalue weighted by Gasteiger charge is 2.26. The standard InChI is InChI=1S/C20H25N3O2/c1-2-19-13-16(9-12-25-19)20(24)22-14-15-3-5-17(6-4-15)23-18-7-10-21-11-8-18/h3-8,10-11,16,19H,2,9,12-14H2,1H3,(H,21,23)(H,22,24). The third kappa shape index (κ3) is 5.03. The van der Waals surface area contributed by atoms with E-state index in [9.17, 15) is 4.79 Å². The van der Waals surface area contributed by atoms with Gasteiger partial charge in [0.05, 0.1) is 6.10 Å². The first-order valence-corrected chi connectivity index (χ1v) is 8.90. The molecule has 2 atom stereocenters. The van der Waals surface area contributed by atoms with Crippen LogP contribution in [0.15, 0.2) is 48.8 Å². The molecule has 1 saturated heterocycles. The first-order chi connectivity index (χ1) is 12.2. The highest BCUT2D eigenvalue weighted by molar-refractivity contribution is 5.78. The maximum atomic E-state index is 12.4. The zero-order chi connectivity index (χ0) is 17.5. The second-order valence-corrected chi connectivity index (χ2v) is 6.40. The Bertz CT molecular complexity index is 673. The number of benzene rings is 1. The Kier molecular flexibility index (Phi) is 6.01. The lowest BCUT2D eigenvalue weighted by Crippen LogP contribution is -2.36. The summed E-state index contributed by atoms with van der Waals surface area (Å²) in [4.78, 5) is 16.4. The van der Waals surface area contributed by atoms with Crippen molar-refractivity contribution in [1.29, 1.82) is 0 Å². The van der Waals surface area contributed by atoms with E-state index >= 15 is 0 Å². The molecule has 0 aliphatic carbocycles. The van der Waals surface area contributed by atoms with Gasteiger partial charge < -0.3 is 15.4 Å². The molecule has 2 heterocycles. The number of hydrogen-bond acceptors (Lipinski definition) is 4. The van der Waals surface area contributed by atoms with Crippen LogP contribution in [0.4, 0.5) is 11.4 Å². The smallest absolute Gasteiger partial charge is 0.223 e. The second kappa shape index (κ2) is 8.62. The fourth-order valence-electron chi connectivity index (χ4n) is 3.04. The largest absolute Gasteiger partial charge is 0.378 e. The van der Waals surface area contributed by atoms with E-state index in [0.29, 0.717) is 13.2 Å². The molecular weight excluding hydrogens is 314 g/mol. The summed E-state index contributed by atoms with van der Waals surface area (Å²) in [5.74, 6) is 0.215. The Labute approximate surface area is 148 Å². The quantitative estimate of drug-likeness (QED) is 0.843. The average molecular weight is 339 g/mol. The number of aromatic nitrogens is 1. The molecule has 0 bridgehead atoms. The van der Waals surface area contributed by atoms with Gasteiger partial charge in [0.15, 0.2) is 0 Å². The molecular formula is C20H25N3O2. The summed E-state index contributed by atoms with van der Waals surface area (Å²) in [7, 11) is 0. The number of nitrogens with zero attached hydrogens (tertiary/aromatic N) is 1. The van der Waals surface area contributed by atoms with Crippen molar-refractivity contribution in [1.82, 2.24) is 10.3 Å². The first-order valence-electron chi connectivity index (χ1n) is 8.90. The minimum atomic E-state index is 0.0753. The van der Waals surface area contributed by atoms with Crippen LogP contribution < -0.4 is 10.6 Å². The van der Waals surface area contributed by atoms with E-state index in [1.54, 1.807) is 12.4 Å². The Hall–Kier alpha value is -2.40. The molecule has 5 heteroatoms. The van der Waals surface area contributed by atoms with Crippen molar-refractivity contribution in [2.75, 3.05) is 11.9 Å². The lowest BCUT2D eigenvalue weighted by molar-refractivity contribution is -0.130. The number of pyridine rings is 1. The summed E-state index contributed by atoms with van der Waals surface area (Å²) < 4.78 is 5.64. The minimum absolute atomic E-state index is 0.0753. The van der Waals surface area contributed by atoms with Gasteiger partial charge in [0, 0.05) is 42.8 Å². The van der Waals surface area contributed by atoms with Crippen LogP contribution in [0.5, 0.6) is 0 Å². The summed E-state index contributed by atoms with van der Waals surface area (Å²) >= 11 is 0. The summed E-state index contributed by atoms with van der Waals surface area (Å²) in [5, 5.41) is 6.38. The first kappa shape index (κ1) is 17.4. The number of hydrogen-bond donors (Lipinski definition) is 2. The molecule has 2 aromatic rings. The molecule has 2 N–H and O–H groups in total. The van der Waals surface area contributed by atoms with E-state index in [1.165, 1.54) is 0 Å². The van der Waals surface area contributed by atoms with Gasteiger partial charge in [-0.05, 0) is 49.1 Å². The predicted octanol–water partition coefficient (Wildman–Crippen LogP) is 3.65. The molecule has 2 unspecified atom stereocenters. The molecule has 0 spiro atoms. The van der Waals surface area contributed by atoms with Crippen LogP contribution in [-0.2, 0) is 16.1 Å². The molecule has 132 valence electrons. The number of amides is 1. The lowest BCUT2D eigenvalue weighted by atomic mass is 9.93. The Morgan fingerprint density at radius 1 is 1.16 bits per heavy atom. The molecule has 3 rings (SSSR count). The molecule has 1 amide bonds. The maximum Gasteiger partial charge on any atom is 0.223 e. The van der Waals surface area contributed by atoms with Crippen molar-refractivity contribution in [3.8, 4) is 0 Å². The van der Waals surface area contributed by atoms with E-state index in [-0.39, 0.29) is 17.9 Å². The van der Waals surface area contributed by atoms with Gasteiger partial charge in [-0.15, -0.1) is 0 Å². The normalized spacial score (nSPS) is 20.0. The lowest BCUT2D eigenvalue weighted by Gasteiger charge is -2.28. The van der Waals surface area contributed by atoms with Crippen molar-refractivity contribution >= 4 is 17.3 Å². The summed E-state index contributed by atoms with van der Waals surface area (Å²) in [5.41, 5.74) is 3.10. The number of carbonyl (C=O) groups is 1. The van der Waals surface area contributed by atoms with Crippen LogP contribution in [-0.4, -0.2) is 23.6 Å². The third-order valence-electron chi connectivity index (χ3n) is 4.58. The van der Waals surface area contributed by atoms with Crippen LogP contribution in [0.25, 0.3) is 0 Å². The van der Waals surface area contributed by atoms with Gasteiger partial charge in [-0.25, -0.2) is 0 Å². The van der Waals surface area contributed by atoms with Crippen LogP contribution in [0, 0.1) is 5.92 Å². The van der Waals surface area contributed by atoms with E-state index in [1.807, 2.05) is 36.4 Å². The zero-order valence-electron chi connectivity index (χ0n) is 14.6. The molecule has 0 saturated carbocycles. The van der Waals surface area contributed by atoms with E-state index in [2.05, 4.69) is 22.5 Å². The Morgan fingerprint density at radius 2 is 1.88 bits per heavy atom. The molecule has 1 aliphatic heterocycles. The van der Waals surface area contributed by atoms with E-state index in [0.717, 1.165) is 36.2 Å². The second-order valence-electron chi connectivity index (χ2n) is 6.40. The number of rotatable bonds is 6. The summed E-state index contributed by atoms with van der Waals surface area (Å²) in [6, 6.07) is 11.9. The van der Waals surface area contributed by atoms with Gasteiger partial charge in [0.1, 0.15) is 0 Å². The number of nitrogens with one attached hydrogen (secondary N) is 2. The molecule has 5 nitrogen and oxygen atoms in total. The van der Waals surface area contributed by atoms with Crippen molar-refractivity contribution in [3.05, 3.63) is 54.4 Å². The topological polar surface area (TPSA) is 63.2 Å². The molecule has 0 radical (unpaired) electrons. The maximum absolute atomic E-state index is 12.4. The van der Waals surface area contributed by atoms with Gasteiger partial charge in [-0.1, -0.05) is 19.1 Å². The predicted molar refractivity (Wildman–Crippen MR) is 98.6 cm³/mol. The highest BCUT2D eigenvalue weighted by atomic mass is 16.5. The Morgan fingerprint density at radius 3 is 2.60 bits per heavy atom. The van der Waals surface area contributed by atoms with Crippen molar-refractivity contribution in [3.63, 3.8) is 0 Å². The third-order valence-corrected chi connectivity index (χ3v) is 4.58. The molecule has 25 heavy (non-hydrogen) atoms. The van der Waals surface area contributed by atoms with E-state index < -0.39 is 0 Å². The minimum Gasteiger partial charge on any atom is -0.378 e. The summed E-state index contributed by atoms with van der Waals surface area (Å²) in [6.07, 6.45) is 6.35. The van der Waals surface area contributed by atoms with Crippen LogP contribution >= 0.6 is 0 Å². The zero-order valence-corrected chi connectivity index (χ0v) is 14.6. The van der Waals surface area contributed by atoms with Gasteiger partial charge >= 0.3 is 0 Å². The molecule has 1 aromatic heterocycles. The van der Waals surface area contributed by atoms with Gasteiger partial charge in [0.25, 0.3) is 0 Å². The van der Waals surface area contributed by atoms with Crippen molar-refractivity contribution < 1.29 is 9.53 Å².